The van der Waals surface area contributed by atoms with Crippen LogP contribution in [0.5, 0.6) is 11.5 Å². The van der Waals surface area contributed by atoms with E-state index in [0.29, 0.717) is 23.6 Å². The van der Waals surface area contributed by atoms with Gasteiger partial charge in [-0.2, -0.15) is 0 Å². The first-order valence-electron chi connectivity index (χ1n) is 7.77. The first-order valence-corrected chi connectivity index (χ1v) is 9.25. The fraction of sp³-hybridized carbons (Fsp3) is 0.0526. The van der Waals surface area contributed by atoms with Gasteiger partial charge < -0.3 is 4.74 Å². The Morgan fingerprint density at radius 1 is 0.778 bits per heavy atom. The van der Waals surface area contributed by atoms with Crippen molar-refractivity contribution in [3.8, 4) is 11.5 Å². The molecule has 3 aromatic carbocycles. The normalized spacial score (nSPS) is 11.3. The van der Waals surface area contributed by atoms with Gasteiger partial charge in [-0.25, -0.2) is 21.6 Å². The highest BCUT2D eigenvalue weighted by Crippen LogP contribution is 2.26. The Morgan fingerprint density at radius 2 is 1.33 bits per heavy atom. The Kier molecular flexibility index (Phi) is 5.09. The largest absolute Gasteiger partial charge is 0.457 e. The van der Waals surface area contributed by atoms with Crippen molar-refractivity contribution in [2.45, 2.75) is 11.8 Å². The topological polar surface area (TPSA) is 55.4 Å². The van der Waals surface area contributed by atoms with Crippen molar-refractivity contribution in [1.82, 2.24) is 0 Å². The lowest BCUT2D eigenvalue weighted by molar-refractivity contribution is 0.432. The van der Waals surface area contributed by atoms with Gasteiger partial charge in [-0.15, -0.1) is 0 Å². The van der Waals surface area contributed by atoms with Gasteiger partial charge in [0.1, 0.15) is 16.4 Å². The molecule has 1 N–H and O–H groups in total. The third-order valence-corrected chi connectivity index (χ3v) is 5.05. The zero-order valence-corrected chi connectivity index (χ0v) is 14.9. The smallest absolute Gasteiger partial charge is 0.264 e. The van der Waals surface area contributed by atoms with Crippen LogP contribution in [0.25, 0.3) is 0 Å². The average molecular weight is 393 g/mol. The highest BCUT2D eigenvalue weighted by atomic mass is 32.2. The van der Waals surface area contributed by atoms with Crippen LogP contribution in [0.2, 0.25) is 0 Å². The molecule has 140 valence electrons. The predicted molar refractivity (Wildman–Crippen MR) is 94.8 cm³/mol. The summed E-state index contributed by atoms with van der Waals surface area (Å²) in [5, 5.41) is 0. The predicted octanol–water partition coefficient (Wildman–Crippen LogP) is 5.01. The van der Waals surface area contributed by atoms with E-state index in [-0.39, 0.29) is 5.69 Å². The molecule has 3 rings (SSSR count). The minimum Gasteiger partial charge on any atom is -0.457 e. The molecule has 0 atom stereocenters. The van der Waals surface area contributed by atoms with Gasteiger partial charge in [0, 0.05) is 5.69 Å². The fourth-order valence-electron chi connectivity index (χ4n) is 2.26. The van der Waals surface area contributed by atoms with Gasteiger partial charge >= 0.3 is 0 Å². The number of aryl methyl sites for hydroxylation is 1. The van der Waals surface area contributed by atoms with E-state index < -0.39 is 32.4 Å². The second-order valence-corrected chi connectivity index (χ2v) is 7.37. The van der Waals surface area contributed by atoms with E-state index in [1.165, 1.54) is 24.3 Å². The molecule has 0 unspecified atom stereocenters. The Labute approximate surface area is 154 Å². The van der Waals surface area contributed by atoms with E-state index in [1.807, 2.05) is 19.1 Å². The third kappa shape index (κ3) is 4.22. The minimum atomic E-state index is -4.43. The maximum absolute atomic E-state index is 13.7. The molecule has 0 heterocycles. The number of hydrogen-bond donors (Lipinski definition) is 1. The molecule has 0 radical (unpaired) electrons. The van der Waals surface area contributed by atoms with Crippen molar-refractivity contribution in [2.24, 2.45) is 0 Å². The van der Waals surface area contributed by atoms with Crippen LogP contribution in [-0.4, -0.2) is 8.42 Å². The molecule has 0 aromatic heterocycles. The second kappa shape index (κ2) is 7.32. The Bertz CT molecular complexity index is 1070. The van der Waals surface area contributed by atoms with E-state index in [0.717, 1.165) is 5.56 Å². The highest BCUT2D eigenvalue weighted by molar-refractivity contribution is 7.92. The van der Waals surface area contributed by atoms with Crippen molar-refractivity contribution in [3.63, 3.8) is 0 Å². The zero-order valence-electron chi connectivity index (χ0n) is 14.0. The molecule has 0 aliphatic rings. The lowest BCUT2D eigenvalue weighted by atomic mass is 10.2. The summed E-state index contributed by atoms with van der Waals surface area (Å²) in [5.41, 5.74) is 1.19. The number of anilines is 1. The maximum Gasteiger partial charge on any atom is 0.264 e. The van der Waals surface area contributed by atoms with Crippen LogP contribution in [0.3, 0.4) is 0 Å². The maximum atomic E-state index is 13.7. The molecule has 27 heavy (non-hydrogen) atoms. The van der Waals surface area contributed by atoms with Crippen molar-refractivity contribution >= 4 is 15.7 Å². The van der Waals surface area contributed by atoms with Crippen molar-refractivity contribution in [2.75, 3.05) is 4.72 Å². The van der Waals surface area contributed by atoms with Gasteiger partial charge in [0.2, 0.25) is 0 Å². The number of sulfonamides is 1. The summed E-state index contributed by atoms with van der Waals surface area (Å²) in [4.78, 5) is -0.985. The number of hydrogen-bond acceptors (Lipinski definition) is 3. The molecule has 0 saturated heterocycles. The van der Waals surface area contributed by atoms with Crippen LogP contribution in [0, 0.1) is 24.4 Å². The Hall–Kier alpha value is -3.00. The highest BCUT2D eigenvalue weighted by Gasteiger charge is 2.24. The van der Waals surface area contributed by atoms with E-state index in [2.05, 4.69) is 4.72 Å². The number of nitrogens with one attached hydrogen (secondary N) is 1. The van der Waals surface area contributed by atoms with Crippen LogP contribution in [-0.2, 0) is 10.0 Å². The number of ether oxygens (including phenoxy) is 1. The monoisotopic (exact) mass is 393 g/mol. The SMILES string of the molecule is Cc1ccc(Oc2ccc(NS(=O)(=O)c3ccc(F)c(F)c3F)cc2)cc1. The van der Waals surface area contributed by atoms with Crippen LogP contribution in [0.4, 0.5) is 18.9 Å². The van der Waals surface area contributed by atoms with Gasteiger partial charge in [-0.3, -0.25) is 4.72 Å². The zero-order chi connectivity index (χ0) is 19.6. The van der Waals surface area contributed by atoms with E-state index in [1.54, 1.807) is 12.1 Å². The van der Waals surface area contributed by atoms with Crippen LogP contribution in [0.1, 0.15) is 5.56 Å². The van der Waals surface area contributed by atoms with Crippen molar-refractivity contribution in [1.29, 1.82) is 0 Å². The average Bonchev–Trinajstić information content (AvgIpc) is 2.63. The lowest BCUT2D eigenvalue weighted by Crippen LogP contribution is -2.15. The molecule has 0 amide bonds. The van der Waals surface area contributed by atoms with Crippen LogP contribution < -0.4 is 9.46 Å². The fourth-order valence-corrected chi connectivity index (χ4v) is 3.39. The van der Waals surface area contributed by atoms with Gasteiger partial charge in [0.25, 0.3) is 10.0 Å². The number of halogens is 3. The third-order valence-electron chi connectivity index (χ3n) is 3.65. The summed E-state index contributed by atoms with van der Waals surface area (Å²) in [7, 11) is -4.43. The molecule has 8 heteroatoms. The summed E-state index contributed by atoms with van der Waals surface area (Å²) in [5.74, 6) is -4.02. The van der Waals surface area contributed by atoms with E-state index in [9.17, 15) is 21.6 Å². The molecular weight excluding hydrogens is 379 g/mol. The number of benzene rings is 3. The van der Waals surface area contributed by atoms with Gasteiger partial charge in [0.05, 0.1) is 0 Å². The van der Waals surface area contributed by atoms with Crippen molar-refractivity contribution < 1.29 is 26.3 Å². The second-order valence-electron chi connectivity index (χ2n) is 5.72. The first-order chi connectivity index (χ1) is 12.8. The standard InChI is InChI=1S/C19H14F3NO3S/c1-12-2-6-14(7-3-12)26-15-8-4-13(5-9-15)23-27(24,25)17-11-10-16(20)18(21)19(17)22/h2-11,23H,1H3. The van der Waals surface area contributed by atoms with Gasteiger partial charge in [0.15, 0.2) is 17.5 Å². The molecule has 0 bridgehead atoms. The van der Waals surface area contributed by atoms with Crippen molar-refractivity contribution in [3.05, 3.63) is 83.7 Å². The summed E-state index contributed by atoms with van der Waals surface area (Å²) in [6.45, 7) is 1.94. The molecular formula is C19H14F3NO3S. The molecule has 0 aliphatic carbocycles. The molecule has 0 spiro atoms. The summed E-state index contributed by atoms with van der Waals surface area (Å²) in [6.07, 6.45) is 0. The van der Waals surface area contributed by atoms with E-state index >= 15 is 0 Å². The first kappa shape index (κ1) is 18.8. The lowest BCUT2D eigenvalue weighted by Gasteiger charge is -2.11. The molecule has 3 aromatic rings. The molecule has 0 aliphatic heterocycles. The molecule has 0 saturated carbocycles. The Balaban J connectivity index is 1.77. The van der Waals surface area contributed by atoms with Crippen LogP contribution in [0.15, 0.2) is 65.6 Å². The number of rotatable bonds is 5. The Morgan fingerprint density at radius 3 is 1.93 bits per heavy atom. The van der Waals surface area contributed by atoms with Crippen LogP contribution >= 0.6 is 0 Å². The quantitative estimate of drug-likeness (QED) is 0.621. The summed E-state index contributed by atoms with van der Waals surface area (Å²) in [6, 6.07) is 14.4. The molecule has 4 nitrogen and oxygen atoms in total. The summed E-state index contributed by atoms with van der Waals surface area (Å²) >= 11 is 0. The minimum absolute atomic E-state index is 0.107. The summed E-state index contributed by atoms with van der Waals surface area (Å²) < 4.78 is 72.2. The van der Waals surface area contributed by atoms with Gasteiger partial charge in [-0.1, -0.05) is 17.7 Å². The van der Waals surface area contributed by atoms with E-state index in [4.69, 9.17) is 4.74 Å². The molecule has 0 fully saturated rings. The van der Waals surface area contributed by atoms with Gasteiger partial charge in [-0.05, 0) is 55.5 Å².